The molecule has 8 heteroatoms. The van der Waals surface area contributed by atoms with Gasteiger partial charge >= 0.3 is 0 Å². The molecule has 2 heterocycles. The second-order valence-corrected chi connectivity index (χ2v) is 5.31. The van der Waals surface area contributed by atoms with Crippen LogP contribution >= 0.6 is 24.8 Å². The van der Waals surface area contributed by atoms with Gasteiger partial charge in [-0.05, 0) is 17.5 Å². The van der Waals surface area contributed by atoms with Crippen molar-refractivity contribution in [2.75, 3.05) is 6.54 Å². The van der Waals surface area contributed by atoms with Gasteiger partial charge < -0.3 is 15.2 Å². The zero-order valence-electron chi connectivity index (χ0n) is 12.9. The Bertz CT molecular complexity index is 646. The monoisotopic (exact) mass is 357 g/mol. The molecule has 1 aromatic carbocycles. The van der Waals surface area contributed by atoms with Crippen LogP contribution in [0.25, 0.3) is 0 Å². The van der Waals surface area contributed by atoms with E-state index >= 15 is 0 Å². The molecule has 1 aliphatic heterocycles. The molecule has 1 unspecified atom stereocenters. The Hall–Kier alpha value is -1.63. The largest absolute Gasteiger partial charge is 0.354 e. The third-order valence-electron chi connectivity index (χ3n) is 3.85. The first-order chi connectivity index (χ1) is 10.2. The van der Waals surface area contributed by atoms with E-state index in [0.29, 0.717) is 13.0 Å². The summed E-state index contributed by atoms with van der Waals surface area (Å²) in [7, 11) is 1.90. The Balaban J connectivity index is 0.00000132. The molecule has 126 valence electrons. The number of hydrogen-bond acceptors (Lipinski definition) is 4. The van der Waals surface area contributed by atoms with Crippen molar-refractivity contribution >= 4 is 30.7 Å². The van der Waals surface area contributed by atoms with E-state index in [1.54, 1.807) is 6.33 Å². The second-order valence-electron chi connectivity index (χ2n) is 5.31. The first-order valence-electron chi connectivity index (χ1n) is 7.15. The van der Waals surface area contributed by atoms with Crippen LogP contribution in [0.4, 0.5) is 0 Å². The fourth-order valence-corrected chi connectivity index (χ4v) is 2.59. The van der Waals surface area contributed by atoms with Crippen LogP contribution in [0.5, 0.6) is 0 Å². The van der Waals surface area contributed by atoms with Gasteiger partial charge in [-0.15, -0.1) is 35.0 Å². The normalized spacial score (nSPS) is 15.8. The van der Waals surface area contributed by atoms with Gasteiger partial charge in [0.1, 0.15) is 12.2 Å². The van der Waals surface area contributed by atoms with Crippen molar-refractivity contribution in [2.24, 2.45) is 7.05 Å². The third-order valence-corrected chi connectivity index (χ3v) is 3.85. The van der Waals surface area contributed by atoms with Gasteiger partial charge in [0.25, 0.3) is 0 Å². The minimum absolute atomic E-state index is 0. The summed E-state index contributed by atoms with van der Waals surface area (Å²) in [6, 6.07) is 8.09. The maximum atomic E-state index is 12.2. The number of halogens is 2. The van der Waals surface area contributed by atoms with E-state index in [9.17, 15) is 4.79 Å². The number of carbonyl (C=O) groups is 1. The van der Waals surface area contributed by atoms with Gasteiger partial charge in [-0.25, -0.2) is 0 Å². The van der Waals surface area contributed by atoms with Crippen LogP contribution in [0.1, 0.15) is 17.0 Å². The Morgan fingerprint density at radius 1 is 1.35 bits per heavy atom. The zero-order valence-corrected chi connectivity index (χ0v) is 14.5. The van der Waals surface area contributed by atoms with Crippen molar-refractivity contribution < 1.29 is 4.79 Å². The molecular weight excluding hydrogens is 337 g/mol. The van der Waals surface area contributed by atoms with E-state index in [0.717, 1.165) is 18.8 Å². The first kappa shape index (κ1) is 19.4. The maximum Gasteiger partial charge on any atom is 0.237 e. The van der Waals surface area contributed by atoms with Crippen LogP contribution in [-0.4, -0.2) is 33.3 Å². The number of aryl methyl sites for hydroxylation is 1. The summed E-state index contributed by atoms with van der Waals surface area (Å²) in [4.78, 5) is 12.2. The average Bonchev–Trinajstić information content (AvgIpc) is 2.92. The van der Waals surface area contributed by atoms with Gasteiger partial charge in [0.2, 0.25) is 5.91 Å². The van der Waals surface area contributed by atoms with E-state index in [4.69, 9.17) is 0 Å². The lowest BCUT2D eigenvalue weighted by molar-refractivity contribution is -0.123. The number of nitrogens with one attached hydrogen (secondary N) is 2. The lowest BCUT2D eigenvalue weighted by atomic mass is 9.95. The van der Waals surface area contributed by atoms with Crippen molar-refractivity contribution in [1.29, 1.82) is 0 Å². The summed E-state index contributed by atoms with van der Waals surface area (Å²) in [5.41, 5.74) is 2.53. The summed E-state index contributed by atoms with van der Waals surface area (Å²) >= 11 is 0. The Labute approximate surface area is 147 Å². The van der Waals surface area contributed by atoms with Gasteiger partial charge in [0.05, 0.1) is 6.04 Å². The van der Waals surface area contributed by atoms with Crippen molar-refractivity contribution in [2.45, 2.75) is 25.4 Å². The van der Waals surface area contributed by atoms with E-state index < -0.39 is 0 Å². The van der Waals surface area contributed by atoms with Crippen molar-refractivity contribution in [3.8, 4) is 0 Å². The number of aromatic nitrogens is 3. The van der Waals surface area contributed by atoms with Crippen LogP contribution in [0.2, 0.25) is 0 Å². The lowest BCUT2D eigenvalue weighted by Gasteiger charge is -2.25. The van der Waals surface area contributed by atoms with Crippen LogP contribution in [-0.2, 0) is 31.2 Å². The standard InChI is InChI=1S/C15H19N5O.2ClH/c1-20-10-18-19-14(20)6-7-16-15(21)13-8-11-4-2-3-5-12(11)9-17-13;;/h2-5,10,13,17H,6-9H2,1H3,(H,16,21);2*1H. The molecule has 0 spiro atoms. The molecule has 0 radical (unpaired) electrons. The molecule has 2 N–H and O–H groups in total. The molecule has 23 heavy (non-hydrogen) atoms. The lowest BCUT2D eigenvalue weighted by Crippen LogP contribution is -2.48. The molecule has 2 aromatic rings. The maximum absolute atomic E-state index is 12.2. The quantitative estimate of drug-likeness (QED) is 0.857. The number of nitrogens with zero attached hydrogens (tertiary/aromatic N) is 3. The van der Waals surface area contributed by atoms with E-state index in [1.807, 2.05) is 23.7 Å². The molecule has 3 rings (SSSR count). The summed E-state index contributed by atoms with van der Waals surface area (Å²) in [5, 5.41) is 14.1. The van der Waals surface area contributed by atoms with Gasteiger partial charge in [-0.2, -0.15) is 0 Å². The van der Waals surface area contributed by atoms with Crippen LogP contribution in [0.3, 0.4) is 0 Å². The molecule has 1 aliphatic rings. The molecular formula is C15H21Cl2N5O. The molecule has 0 fully saturated rings. The number of hydrogen-bond donors (Lipinski definition) is 2. The summed E-state index contributed by atoms with van der Waals surface area (Å²) in [6.45, 7) is 1.32. The smallest absolute Gasteiger partial charge is 0.237 e. The van der Waals surface area contributed by atoms with Crippen LogP contribution in [0.15, 0.2) is 30.6 Å². The van der Waals surface area contributed by atoms with Gasteiger partial charge in [0.15, 0.2) is 0 Å². The minimum atomic E-state index is -0.153. The highest BCUT2D eigenvalue weighted by Gasteiger charge is 2.23. The fraction of sp³-hybridized carbons (Fsp3) is 0.400. The first-order valence-corrected chi connectivity index (χ1v) is 7.15. The number of amides is 1. The second kappa shape index (κ2) is 8.86. The van der Waals surface area contributed by atoms with E-state index in [-0.39, 0.29) is 36.8 Å². The van der Waals surface area contributed by atoms with Crippen molar-refractivity contribution in [1.82, 2.24) is 25.4 Å². The molecule has 0 saturated heterocycles. The topological polar surface area (TPSA) is 71.8 Å². The molecule has 1 aromatic heterocycles. The van der Waals surface area contributed by atoms with Crippen LogP contribution < -0.4 is 10.6 Å². The number of fused-ring (bicyclic) bond motifs is 1. The average molecular weight is 358 g/mol. The van der Waals surface area contributed by atoms with Crippen molar-refractivity contribution in [3.05, 3.63) is 47.5 Å². The highest BCUT2D eigenvalue weighted by molar-refractivity contribution is 5.85. The van der Waals surface area contributed by atoms with E-state index in [2.05, 4.69) is 33.0 Å². The summed E-state index contributed by atoms with van der Waals surface area (Å²) in [6.07, 6.45) is 3.09. The van der Waals surface area contributed by atoms with Gasteiger partial charge in [0, 0.05) is 26.6 Å². The predicted molar refractivity (Wildman–Crippen MR) is 93.0 cm³/mol. The fourth-order valence-electron chi connectivity index (χ4n) is 2.59. The SMILES string of the molecule is Cl.Cl.Cn1cnnc1CCNC(=O)C1Cc2ccccc2CN1. The Kier molecular flexibility index (Phi) is 7.48. The van der Waals surface area contributed by atoms with Gasteiger partial charge in [-0.3, -0.25) is 4.79 Å². The molecule has 6 nitrogen and oxygen atoms in total. The molecule has 1 atom stereocenters. The van der Waals surface area contributed by atoms with Gasteiger partial charge in [-0.1, -0.05) is 24.3 Å². The minimum Gasteiger partial charge on any atom is -0.354 e. The summed E-state index contributed by atoms with van der Waals surface area (Å²) in [5.74, 6) is 0.920. The molecule has 0 bridgehead atoms. The predicted octanol–water partition coefficient (Wildman–Crippen LogP) is 1.03. The van der Waals surface area contributed by atoms with Crippen molar-refractivity contribution in [3.63, 3.8) is 0 Å². The Morgan fingerprint density at radius 3 is 2.78 bits per heavy atom. The third kappa shape index (κ3) is 4.67. The van der Waals surface area contributed by atoms with E-state index in [1.165, 1.54) is 11.1 Å². The Morgan fingerprint density at radius 2 is 2.09 bits per heavy atom. The highest BCUT2D eigenvalue weighted by atomic mass is 35.5. The number of carbonyl (C=O) groups excluding carboxylic acids is 1. The van der Waals surface area contributed by atoms with Crippen LogP contribution in [0, 0.1) is 0 Å². The zero-order chi connectivity index (χ0) is 14.7. The number of rotatable bonds is 4. The number of benzene rings is 1. The molecule has 1 amide bonds. The summed E-state index contributed by atoms with van der Waals surface area (Å²) < 4.78 is 1.86. The molecule has 0 saturated carbocycles. The molecule has 0 aliphatic carbocycles. The highest BCUT2D eigenvalue weighted by Crippen LogP contribution is 2.16.